The molecule has 0 aliphatic carbocycles. The lowest BCUT2D eigenvalue weighted by molar-refractivity contribution is -0.274. The summed E-state index contributed by atoms with van der Waals surface area (Å²) in [5, 5.41) is 12.0. The Hall–Kier alpha value is -3.23. The molecule has 0 atom stereocenters. The molecule has 0 saturated heterocycles. The zero-order valence-electron chi connectivity index (χ0n) is 13.5. The van der Waals surface area contributed by atoms with Crippen molar-refractivity contribution in [3.63, 3.8) is 0 Å². The fraction of sp³-hybridized carbons (Fsp3) is 0.176. The molecule has 0 aromatic heterocycles. The van der Waals surface area contributed by atoms with E-state index in [1.54, 1.807) is 13.0 Å². The van der Waals surface area contributed by atoms with Crippen LogP contribution in [0.3, 0.4) is 0 Å². The largest absolute Gasteiger partial charge is 0.573 e. The zero-order chi connectivity index (χ0) is 19.3. The highest BCUT2D eigenvalue weighted by Gasteiger charge is 2.30. The van der Waals surface area contributed by atoms with E-state index in [4.69, 9.17) is 4.74 Å². The van der Waals surface area contributed by atoms with Gasteiger partial charge in [-0.3, -0.25) is 4.79 Å². The van der Waals surface area contributed by atoms with Gasteiger partial charge in [0.05, 0.1) is 0 Å². The van der Waals surface area contributed by atoms with Crippen LogP contribution in [-0.4, -0.2) is 30.0 Å². The Morgan fingerprint density at radius 2 is 1.77 bits per heavy atom. The molecule has 2 rings (SSSR count). The Bertz CT molecular complexity index is 803. The minimum absolute atomic E-state index is 0.0861. The predicted molar refractivity (Wildman–Crippen MR) is 84.9 cm³/mol. The number of benzene rings is 2. The Kier molecular flexibility index (Phi) is 5.71. The lowest BCUT2D eigenvalue weighted by atomic mass is 10.1. The number of carbonyl (C=O) groups is 2. The van der Waals surface area contributed by atoms with E-state index in [0.717, 1.165) is 17.7 Å². The third kappa shape index (κ3) is 5.69. The van der Waals surface area contributed by atoms with Crippen molar-refractivity contribution in [3.05, 3.63) is 53.6 Å². The molecule has 0 bridgehead atoms. The molecule has 0 unspecified atom stereocenters. The average Bonchev–Trinajstić information content (AvgIpc) is 2.53. The molecular formula is C17H14F3NO5. The third-order valence-corrected chi connectivity index (χ3v) is 3.08. The maximum Gasteiger partial charge on any atom is 0.573 e. The van der Waals surface area contributed by atoms with Gasteiger partial charge in [0.1, 0.15) is 17.1 Å². The molecule has 1 amide bonds. The second-order valence-corrected chi connectivity index (χ2v) is 5.22. The number of alkyl halides is 3. The Labute approximate surface area is 146 Å². The van der Waals surface area contributed by atoms with Crippen LogP contribution in [0.1, 0.15) is 15.9 Å². The van der Waals surface area contributed by atoms with Crippen LogP contribution in [0.2, 0.25) is 0 Å². The number of carbonyl (C=O) groups excluding carboxylic acids is 2. The molecule has 2 aromatic carbocycles. The van der Waals surface area contributed by atoms with Gasteiger partial charge in [-0.1, -0.05) is 6.07 Å². The van der Waals surface area contributed by atoms with Crippen LogP contribution in [0, 0.1) is 6.92 Å². The molecular weight excluding hydrogens is 355 g/mol. The van der Waals surface area contributed by atoms with E-state index in [1.807, 2.05) is 0 Å². The van der Waals surface area contributed by atoms with Gasteiger partial charge in [0, 0.05) is 5.69 Å². The van der Waals surface area contributed by atoms with Crippen molar-refractivity contribution in [2.75, 3.05) is 11.9 Å². The number of aromatic hydroxyl groups is 1. The molecule has 0 radical (unpaired) electrons. The van der Waals surface area contributed by atoms with Gasteiger partial charge in [0.2, 0.25) is 0 Å². The Balaban J connectivity index is 1.87. The molecule has 9 heteroatoms. The number of halogens is 3. The van der Waals surface area contributed by atoms with Crippen LogP contribution in [0.4, 0.5) is 18.9 Å². The molecule has 0 spiro atoms. The van der Waals surface area contributed by atoms with Crippen molar-refractivity contribution >= 4 is 17.6 Å². The first-order chi connectivity index (χ1) is 12.1. The van der Waals surface area contributed by atoms with Crippen molar-refractivity contribution in [1.29, 1.82) is 0 Å². The highest BCUT2D eigenvalue weighted by Crippen LogP contribution is 2.24. The monoisotopic (exact) mass is 369 g/mol. The zero-order valence-corrected chi connectivity index (χ0v) is 13.5. The summed E-state index contributed by atoms with van der Waals surface area (Å²) in [5.41, 5.74) is 0.852. The van der Waals surface area contributed by atoms with E-state index in [2.05, 4.69) is 10.1 Å². The molecule has 0 aliphatic rings. The van der Waals surface area contributed by atoms with E-state index < -0.39 is 30.6 Å². The number of nitrogens with one attached hydrogen (secondary N) is 1. The molecule has 26 heavy (non-hydrogen) atoms. The standard InChI is InChI=1S/C17H14F3NO5/c1-10-2-7-13(14(22)8-10)16(24)25-9-15(23)21-11-3-5-12(6-4-11)26-17(18,19)20/h2-8,22H,9H2,1H3,(H,21,23). The summed E-state index contributed by atoms with van der Waals surface area (Å²) >= 11 is 0. The Morgan fingerprint density at radius 3 is 2.35 bits per heavy atom. The molecule has 0 heterocycles. The van der Waals surface area contributed by atoms with Crippen molar-refractivity contribution < 1.29 is 37.3 Å². The summed E-state index contributed by atoms with van der Waals surface area (Å²) in [7, 11) is 0. The van der Waals surface area contributed by atoms with Gasteiger partial charge in [-0.2, -0.15) is 0 Å². The highest BCUT2D eigenvalue weighted by atomic mass is 19.4. The average molecular weight is 369 g/mol. The van der Waals surface area contributed by atoms with Gasteiger partial charge >= 0.3 is 12.3 Å². The molecule has 0 aliphatic heterocycles. The number of phenolic OH excluding ortho intramolecular Hbond substituents is 1. The predicted octanol–water partition coefficient (Wildman–Crippen LogP) is 3.39. The molecule has 2 aromatic rings. The van der Waals surface area contributed by atoms with Crippen LogP contribution < -0.4 is 10.1 Å². The lowest BCUT2D eigenvalue weighted by Crippen LogP contribution is -2.21. The molecule has 2 N–H and O–H groups in total. The number of amides is 1. The summed E-state index contributed by atoms with van der Waals surface area (Å²) in [6.07, 6.45) is -4.81. The lowest BCUT2D eigenvalue weighted by Gasteiger charge is -2.10. The summed E-state index contributed by atoms with van der Waals surface area (Å²) in [6.45, 7) is 1.10. The van der Waals surface area contributed by atoms with Gasteiger partial charge in [0.25, 0.3) is 5.91 Å². The van der Waals surface area contributed by atoms with Crippen LogP contribution in [0.5, 0.6) is 11.5 Å². The van der Waals surface area contributed by atoms with Crippen molar-refractivity contribution in [2.24, 2.45) is 0 Å². The molecule has 0 fully saturated rings. The smallest absolute Gasteiger partial charge is 0.507 e. The van der Waals surface area contributed by atoms with Gasteiger partial charge in [-0.15, -0.1) is 13.2 Å². The number of rotatable bonds is 5. The normalized spacial score (nSPS) is 10.9. The van der Waals surface area contributed by atoms with E-state index in [9.17, 15) is 27.9 Å². The summed E-state index contributed by atoms with van der Waals surface area (Å²) in [4.78, 5) is 23.6. The minimum Gasteiger partial charge on any atom is -0.507 e. The summed E-state index contributed by atoms with van der Waals surface area (Å²) in [5.74, 6) is -2.28. The number of anilines is 1. The van der Waals surface area contributed by atoms with Gasteiger partial charge < -0.3 is 19.9 Å². The van der Waals surface area contributed by atoms with E-state index in [1.165, 1.54) is 24.3 Å². The second-order valence-electron chi connectivity index (χ2n) is 5.22. The SMILES string of the molecule is Cc1ccc(C(=O)OCC(=O)Nc2ccc(OC(F)(F)F)cc2)c(O)c1. The number of hydrogen-bond donors (Lipinski definition) is 2. The van der Waals surface area contributed by atoms with Crippen molar-refractivity contribution in [2.45, 2.75) is 13.3 Å². The molecule has 6 nitrogen and oxygen atoms in total. The van der Waals surface area contributed by atoms with Crippen molar-refractivity contribution in [1.82, 2.24) is 0 Å². The number of ether oxygens (including phenoxy) is 2. The topological polar surface area (TPSA) is 84.9 Å². The van der Waals surface area contributed by atoms with Crippen LogP contribution >= 0.6 is 0 Å². The molecule has 138 valence electrons. The maximum absolute atomic E-state index is 12.1. The number of aryl methyl sites for hydroxylation is 1. The third-order valence-electron chi connectivity index (χ3n) is 3.08. The van der Waals surface area contributed by atoms with Gasteiger partial charge in [-0.05, 0) is 48.9 Å². The summed E-state index contributed by atoms with van der Waals surface area (Å²) in [6, 6.07) is 8.80. The fourth-order valence-electron chi connectivity index (χ4n) is 1.96. The van der Waals surface area contributed by atoms with E-state index >= 15 is 0 Å². The summed E-state index contributed by atoms with van der Waals surface area (Å²) < 4.78 is 44.7. The van der Waals surface area contributed by atoms with Gasteiger partial charge in [-0.25, -0.2) is 4.79 Å². The second kappa shape index (κ2) is 7.77. The number of esters is 1. The fourth-order valence-corrected chi connectivity index (χ4v) is 1.96. The van der Waals surface area contributed by atoms with Crippen LogP contribution in [0.15, 0.2) is 42.5 Å². The quantitative estimate of drug-likeness (QED) is 0.789. The highest BCUT2D eigenvalue weighted by molar-refractivity contribution is 5.96. The van der Waals surface area contributed by atoms with E-state index in [0.29, 0.717) is 0 Å². The first-order valence-electron chi connectivity index (χ1n) is 7.26. The van der Waals surface area contributed by atoms with Crippen LogP contribution in [0.25, 0.3) is 0 Å². The Morgan fingerprint density at radius 1 is 1.12 bits per heavy atom. The van der Waals surface area contributed by atoms with E-state index in [-0.39, 0.29) is 17.0 Å². The maximum atomic E-state index is 12.1. The first-order valence-corrected chi connectivity index (χ1v) is 7.26. The first kappa shape index (κ1) is 19.1. The minimum atomic E-state index is -4.81. The molecule has 0 saturated carbocycles. The van der Waals surface area contributed by atoms with Crippen LogP contribution in [-0.2, 0) is 9.53 Å². The van der Waals surface area contributed by atoms with Crippen molar-refractivity contribution in [3.8, 4) is 11.5 Å². The number of hydrogen-bond acceptors (Lipinski definition) is 5. The number of phenols is 1. The van der Waals surface area contributed by atoms with Gasteiger partial charge in [0.15, 0.2) is 6.61 Å².